The molecule has 156 valence electrons. The second-order valence-corrected chi connectivity index (χ2v) is 7.79. The van der Waals surface area contributed by atoms with Gasteiger partial charge in [-0.3, -0.25) is 4.79 Å². The summed E-state index contributed by atoms with van der Waals surface area (Å²) in [6.45, 7) is 4.55. The maximum Gasteiger partial charge on any atom is 0.262 e. The van der Waals surface area contributed by atoms with Crippen LogP contribution in [0.15, 0.2) is 72.8 Å². The van der Waals surface area contributed by atoms with Gasteiger partial charge in [-0.05, 0) is 55.0 Å². The van der Waals surface area contributed by atoms with E-state index in [1.54, 1.807) is 0 Å². The number of hydrogen-bond acceptors (Lipinski definition) is 4. The number of carbonyl (C=O) groups excluding carboxylic acids is 1. The Hall–Kier alpha value is -3.80. The summed E-state index contributed by atoms with van der Waals surface area (Å²) in [5.74, 6) is 1.53. The van der Waals surface area contributed by atoms with E-state index in [-0.39, 0.29) is 12.5 Å². The molecule has 1 aliphatic rings. The molecule has 0 radical (unpaired) electrons. The van der Waals surface area contributed by atoms with Crippen LogP contribution >= 0.6 is 0 Å². The van der Waals surface area contributed by atoms with Crippen molar-refractivity contribution in [2.24, 2.45) is 0 Å². The Morgan fingerprint density at radius 3 is 2.74 bits per heavy atom. The smallest absolute Gasteiger partial charge is 0.262 e. The average Bonchev–Trinajstić information content (AvgIpc) is 3.15. The van der Waals surface area contributed by atoms with Crippen LogP contribution in [0.4, 0.5) is 11.4 Å². The Morgan fingerprint density at radius 2 is 1.90 bits per heavy atom. The molecule has 6 heteroatoms. The number of carbonyl (C=O) groups is 1. The third kappa shape index (κ3) is 4.10. The molecule has 1 N–H and O–H groups in total. The highest BCUT2D eigenvalue weighted by atomic mass is 16.5. The second kappa shape index (κ2) is 8.14. The number of para-hydroxylation sites is 1. The third-order valence-electron chi connectivity index (χ3n) is 5.52. The molecule has 31 heavy (non-hydrogen) atoms. The summed E-state index contributed by atoms with van der Waals surface area (Å²) in [7, 11) is 0. The van der Waals surface area contributed by atoms with Crippen LogP contribution in [0, 0.1) is 6.92 Å². The number of benzene rings is 3. The van der Waals surface area contributed by atoms with Gasteiger partial charge in [-0.25, -0.2) is 4.98 Å². The minimum absolute atomic E-state index is 0.0345. The Balaban J connectivity index is 1.28. The number of amides is 1. The molecule has 1 aromatic heterocycles. The lowest BCUT2D eigenvalue weighted by Gasteiger charge is -2.29. The van der Waals surface area contributed by atoms with Gasteiger partial charge in [0.1, 0.15) is 11.6 Å². The lowest BCUT2D eigenvalue weighted by Crippen LogP contribution is -2.33. The largest absolute Gasteiger partial charge is 0.484 e. The van der Waals surface area contributed by atoms with E-state index in [9.17, 15) is 4.79 Å². The zero-order valence-electron chi connectivity index (χ0n) is 17.4. The number of aryl methyl sites for hydroxylation is 1. The fraction of sp³-hybridized carbons (Fsp3) is 0.200. The van der Waals surface area contributed by atoms with Crippen LogP contribution in [0.1, 0.15) is 11.4 Å². The monoisotopic (exact) mass is 412 g/mol. The van der Waals surface area contributed by atoms with E-state index >= 15 is 0 Å². The molecule has 0 aliphatic carbocycles. The maximum absolute atomic E-state index is 12.3. The van der Waals surface area contributed by atoms with Gasteiger partial charge in [-0.2, -0.15) is 0 Å². The molecule has 1 aliphatic heterocycles. The van der Waals surface area contributed by atoms with Crippen LogP contribution in [-0.4, -0.2) is 28.6 Å². The fourth-order valence-electron chi connectivity index (χ4n) is 4.01. The summed E-state index contributed by atoms with van der Waals surface area (Å²) in [5, 5.41) is 2.91. The first-order valence-electron chi connectivity index (χ1n) is 10.4. The van der Waals surface area contributed by atoms with Crippen molar-refractivity contribution < 1.29 is 9.53 Å². The quantitative estimate of drug-likeness (QED) is 0.528. The van der Waals surface area contributed by atoms with Crippen LogP contribution in [0.2, 0.25) is 0 Å². The van der Waals surface area contributed by atoms with Gasteiger partial charge in [0.2, 0.25) is 0 Å². The molecule has 4 aromatic rings. The number of aromatic nitrogens is 2. The summed E-state index contributed by atoms with van der Waals surface area (Å²) in [6.07, 6.45) is 0. The fourth-order valence-corrected chi connectivity index (χ4v) is 4.01. The molecule has 6 nitrogen and oxygen atoms in total. The third-order valence-corrected chi connectivity index (χ3v) is 5.52. The number of hydrogen-bond donors (Lipinski definition) is 1. The highest BCUT2D eigenvalue weighted by molar-refractivity contribution is 5.94. The molecule has 3 aromatic carbocycles. The Bertz CT molecular complexity index is 1230. The van der Waals surface area contributed by atoms with Crippen molar-refractivity contribution in [1.29, 1.82) is 0 Å². The molecule has 2 heterocycles. The van der Waals surface area contributed by atoms with Crippen LogP contribution in [-0.2, 0) is 17.9 Å². The standard InChI is InChI=1S/C25H24N4O2/c1-18-6-5-9-21(14-18)31-17-25(30)26-19-10-11-23-22(15-19)27-24-16-28(12-13-29(23)24)20-7-3-2-4-8-20/h2-11,14-15H,12-13,16-17H2,1H3,(H,26,30). The molecule has 0 saturated carbocycles. The van der Waals surface area contributed by atoms with E-state index in [2.05, 4.69) is 39.0 Å². The number of nitrogens with zero attached hydrogens (tertiary/aromatic N) is 3. The summed E-state index contributed by atoms with van der Waals surface area (Å²) in [5.41, 5.74) is 5.01. The highest BCUT2D eigenvalue weighted by Crippen LogP contribution is 2.26. The first-order chi connectivity index (χ1) is 15.2. The van der Waals surface area contributed by atoms with Gasteiger partial charge in [0.05, 0.1) is 17.6 Å². The van der Waals surface area contributed by atoms with Gasteiger partial charge in [-0.1, -0.05) is 30.3 Å². The molecule has 0 saturated heterocycles. The van der Waals surface area contributed by atoms with Gasteiger partial charge >= 0.3 is 0 Å². The average molecular weight is 412 g/mol. The summed E-state index contributed by atoms with van der Waals surface area (Å²) in [6, 6.07) is 24.0. The minimum atomic E-state index is -0.194. The molecule has 0 fully saturated rings. The van der Waals surface area contributed by atoms with Crippen LogP contribution in [0.5, 0.6) is 5.75 Å². The van der Waals surface area contributed by atoms with Crippen molar-refractivity contribution >= 4 is 28.3 Å². The van der Waals surface area contributed by atoms with Crippen molar-refractivity contribution in [3.05, 3.63) is 84.2 Å². The molecule has 1 amide bonds. The predicted octanol–water partition coefficient (Wildman–Crippen LogP) is 4.38. The lowest BCUT2D eigenvalue weighted by molar-refractivity contribution is -0.118. The number of imidazole rings is 1. The van der Waals surface area contributed by atoms with Gasteiger partial charge in [0, 0.05) is 24.5 Å². The Kier molecular flexibility index (Phi) is 5.04. The normalized spacial score (nSPS) is 13.1. The number of nitrogens with one attached hydrogen (secondary N) is 1. The van der Waals surface area contributed by atoms with Gasteiger partial charge in [0.15, 0.2) is 6.61 Å². The first kappa shape index (κ1) is 19.2. The highest BCUT2D eigenvalue weighted by Gasteiger charge is 2.20. The van der Waals surface area contributed by atoms with E-state index in [0.29, 0.717) is 5.75 Å². The van der Waals surface area contributed by atoms with Crippen LogP contribution < -0.4 is 15.0 Å². The molecule has 0 spiro atoms. The van der Waals surface area contributed by atoms with Crippen molar-refractivity contribution in [3.8, 4) is 5.75 Å². The van der Waals surface area contributed by atoms with Crippen LogP contribution in [0.3, 0.4) is 0 Å². The number of ether oxygens (including phenoxy) is 1. The topological polar surface area (TPSA) is 59.4 Å². The van der Waals surface area contributed by atoms with Gasteiger partial charge in [0.25, 0.3) is 5.91 Å². The Morgan fingerprint density at radius 1 is 1.03 bits per heavy atom. The van der Waals surface area contributed by atoms with Gasteiger partial charge < -0.3 is 19.5 Å². The van der Waals surface area contributed by atoms with Crippen LogP contribution in [0.25, 0.3) is 11.0 Å². The molecule has 0 atom stereocenters. The van der Waals surface area contributed by atoms with Crippen molar-refractivity contribution in [1.82, 2.24) is 9.55 Å². The SMILES string of the molecule is Cc1cccc(OCC(=O)Nc2ccc3c(c2)nc2n3CCN(c3ccccc3)C2)c1. The first-order valence-corrected chi connectivity index (χ1v) is 10.4. The zero-order chi connectivity index (χ0) is 21.2. The Labute approximate surface area is 181 Å². The minimum Gasteiger partial charge on any atom is -0.484 e. The van der Waals surface area contributed by atoms with Crippen molar-refractivity contribution in [3.63, 3.8) is 0 Å². The lowest BCUT2D eigenvalue weighted by atomic mass is 10.2. The number of anilines is 2. The predicted molar refractivity (Wildman–Crippen MR) is 123 cm³/mol. The number of rotatable bonds is 5. The van der Waals surface area contributed by atoms with E-state index < -0.39 is 0 Å². The molecular weight excluding hydrogens is 388 g/mol. The zero-order valence-corrected chi connectivity index (χ0v) is 17.4. The summed E-state index contributed by atoms with van der Waals surface area (Å²) < 4.78 is 7.86. The maximum atomic E-state index is 12.3. The van der Waals surface area contributed by atoms with Gasteiger partial charge in [-0.15, -0.1) is 0 Å². The molecule has 5 rings (SSSR count). The van der Waals surface area contributed by atoms with E-state index in [0.717, 1.165) is 47.7 Å². The molecule has 0 unspecified atom stereocenters. The van der Waals surface area contributed by atoms with Crippen molar-refractivity contribution in [2.45, 2.75) is 20.0 Å². The van der Waals surface area contributed by atoms with Crippen molar-refractivity contribution in [2.75, 3.05) is 23.4 Å². The second-order valence-electron chi connectivity index (χ2n) is 7.79. The van der Waals surface area contributed by atoms with E-state index in [1.807, 2.05) is 55.5 Å². The summed E-state index contributed by atoms with van der Waals surface area (Å²) >= 11 is 0. The number of fused-ring (bicyclic) bond motifs is 3. The molecular formula is C25H24N4O2. The summed E-state index contributed by atoms with van der Waals surface area (Å²) in [4.78, 5) is 19.5. The van der Waals surface area contributed by atoms with E-state index in [1.165, 1.54) is 5.69 Å². The van der Waals surface area contributed by atoms with E-state index in [4.69, 9.17) is 9.72 Å². The molecule has 0 bridgehead atoms.